The van der Waals surface area contributed by atoms with E-state index >= 15 is 0 Å². The molecular formula is C28H20N2. The van der Waals surface area contributed by atoms with E-state index in [1.54, 1.807) is 0 Å². The zero-order chi connectivity index (χ0) is 20.1. The fourth-order valence-electron chi connectivity index (χ4n) is 4.58. The molecule has 0 atom stereocenters. The van der Waals surface area contributed by atoms with Crippen molar-refractivity contribution in [1.82, 2.24) is 0 Å². The van der Waals surface area contributed by atoms with Gasteiger partial charge in [0.15, 0.2) is 0 Å². The van der Waals surface area contributed by atoms with Crippen LogP contribution in [0.4, 0.5) is 22.7 Å². The van der Waals surface area contributed by atoms with E-state index in [4.69, 9.17) is 5.73 Å². The minimum Gasteiger partial charge on any atom is -0.399 e. The molecule has 2 N–H and O–H groups in total. The van der Waals surface area contributed by atoms with E-state index in [-0.39, 0.29) is 0 Å². The molecule has 0 aromatic heterocycles. The Morgan fingerprint density at radius 1 is 0.500 bits per heavy atom. The van der Waals surface area contributed by atoms with E-state index in [0.717, 1.165) is 22.7 Å². The third kappa shape index (κ3) is 2.51. The summed E-state index contributed by atoms with van der Waals surface area (Å²) >= 11 is 0. The second kappa shape index (κ2) is 6.50. The van der Waals surface area contributed by atoms with Crippen molar-refractivity contribution in [3.8, 4) is 0 Å². The van der Waals surface area contributed by atoms with Gasteiger partial charge in [-0.25, -0.2) is 0 Å². The van der Waals surface area contributed by atoms with Gasteiger partial charge in [-0.1, -0.05) is 72.8 Å². The molecule has 0 heterocycles. The van der Waals surface area contributed by atoms with Crippen molar-refractivity contribution < 1.29 is 0 Å². The largest absolute Gasteiger partial charge is 0.399 e. The van der Waals surface area contributed by atoms with Crippen LogP contribution in [-0.2, 0) is 0 Å². The molecule has 0 aliphatic heterocycles. The number of hydrogen-bond donors (Lipinski definition) is 1. The first-order chi connectivity index (χ1) is 14.8. The van der Waals surface area contributed by atoms with E-state index in [9.17, 15) is 0 Å². The lowest BCUT2D eigenvalue weighted by atomic mass is 9.93. The predicted molar refractivity (Wildman–Crippen MR) is 129 cm³/mol. The Balaban J connectivity index is 1.72. The third-order valence-corrected chi connectivity index (χ3v) is 5.89. The van der Waals surface area contributed by atoms with Crippen LogP contribution in [0.3, 0.4) is 0 Å². The molecule has 0 amide bonds. The molecule has 0 fully saturated rings. The lowest BCUT2D eigenvalue weighted by molar-refractivity contribution is 1.30. The summed E-state index contributed by atoms with van der Waals surface area (Å²) < 4.78 is 0. The summed E-state index contributed by atoms with van der Waals surface area (Å²) in [7, 11) is 0. The van der Waals surface area contributed by atoms with E-state index in [1.165, 1.54) is 32.3 Å². The van der Waals surface area contributed by atoms with Gasteiger partial charge in [0.1, 0.15) is 0 Å². The summed E-state index contributed by atoms with van der Waals surface area (Å²) in [5, 5.41) is 7.69. The quantitative estimate of drug-likeness (QED) is 0.251. The zero-order valence-corrected chi connectivity index (χ0v) is 16.4. The maximum atomic E-state index is 6.16. The highest BCUT2D eigenvalue weighted by molar-refractivity contribution is 6.25. The van der Waals surface area contributed by atoms with Crippen molar-refractivity contribution in [1.29, 1.82) is 0 Å². The smallest absolute Gasteiger partial charge is 0.0540 e. The second-order valence-electron chi connectivity index (χ2n) is 7.71. The molecule has 0 spiro atoms. The fraction of sp³-hybridized carbons (Fsp3) is 0. The van der Waals surface area contributed by atoms with Crippen LogP contribution in [0.15, 0.2) is 109 Å². The molecular weight excluding hydrogens is 364 g/mol. The zero-order valence-electron chi connectivity index (χ0n) is 16.4. The molecule has 0 unspecified atom stereocenters. The lowest BCUT2D eigenvalue weighted by Crippen LogP contribution is -2.10. The Morgan fingerprint density at radius 3 is 1.90 bits per heavy atom. The predicted octanol–water partition coefficient (Wildman–Crippen LogP) is 7.64. The molecule has 0 bridgehead atoms. The first-order valence-electron chi connectivity index (χ1n) is 10.2. The van der Waals surface area contributed by atoms with Crippen LogP contribution in [0.5, 0.6) is 0 Å². The Kier molecular flexibility index (Phi) is 3.65. The number of nitrogens with two attached hydrogens (primary N) is 1. The molecule has 0 radical (unpaired) electrons. The van der Waals surface area contributed by atoms with Crippen molar-refractivity contribution in [2.45, 2.75) is 0 Å². The Morgan fingerprint density at radius 2 is 1.13 bits per heavy atom. The molecule has 0 aliphatic carbocycles. The molecule has 0 saturated heterocycles. The standard InChI is InChI=1S/C28H20N2/c29-22-8-5-11-24(18-22)30(23-9-2-1-3-10-23)26-17-15-21-13-12-19-6-4-7-20-14-16-25(26)28(21)27(19)20/h1-18H,29H2. The highest BCUT2D eigenvalue weighted by Crippen LogP contribution is 2.43. The Hall–Kier alpha value is -4.04. The Labute approximate surface area is 175 Å². The summed E-state index contributed by atoms with van der Waals surface area (Å²) in [6.45, 7) is 0. The van der Waals surface area contributed by atoms with Gasteiger partial charge in [0.2, 0.25) is 0 Å². The summed E-state index contributed by atoms with van der Waals surface area (Å²) in [5.41, 5.74) is 10.2. The molecule has 142 valence electrons. The van der Waals surface area contributed by atoms with Gasteiger partial charge in [-0.05, 0) is 63.3 Å². The molecule has 2 nitrogen and oxygen atoms in total. The van der Waals surface area contributed by atoms with Crippen LogP contribution in [0.25, 0.3) is 32.3 Å². The first-order valence-corrected chi connectivity index (χ1v) is 10.2. The molecule has 2 heteroatoms. The summed E-state index contributed by atoms with van der Waals surface area (Å²) in [4.78, 5) is 2.29. The average molecular weight is 384 g/mol. The van der Waals surface area contributed by atoms with Crippen LogP contribution in [0.2, 0.25) is 0 Å². The van der Waals surface area contributed by atoms with Gasteiger partial charge in [-0.15, -0.1) is 0 Å². The molecule has 6 aromatic rings. The number of nitrogens with zero attached hydrogens (tertiary/aromatic N) is 1. The second-order valence-corrected chi connectivity index (χ2v) is 7.71. The minimum absolute atomic E-state index is 0.756. The van der Waals surface area contributed by atoms with Gasteiger partial charge >= 0.3 is 0 Å². The van der Waals surface area contributed by atoms with Crippen molar-refractivity contribution in [2.24, 2.45) is 0 Å². The number of rotatable bonds is 3. The van der Waals surface area contributed by atoms with Crippen LogP contribution in [-0.4, -0.2) is 0 Å². The van der Waals surface area contributed by atoms with E-state index < -0.39 is 0 Å². The van der Waals surface area contributed by atoms with E-state index in [2.05, 4.69) is 89.8 Å². The molecule has 6 rings (SSSR count). The fourth-order valence-corrected chi connectivity index (χ4v) is 4.58. The lowest BCUT2D eigenvalue weighted by Gasteiger charge is -2.27. The molecule has 30 heavy (non-hydrogen) atoms. The van der Waals surface area contributed by atoms with Crippen LogP contribution in [0.1, 0.15) is 0 Å². The average Bonchev–Trinajstić information content (AvgIpc) is 2.79. The Bertz CT molecular complexity index is 1490. The van der Waals surface area contributed by atoms with Crippen molar-refractivity contribution in [2.75, 3.05) is 10.6 Å². The summed E-state index contributed by atoms with van der Waals surface area (Å²) in [5.74, 6) is 0. The van der Waals surface area contributed by atoms with Crippen molar-refractivity contribution >= 4 is 55.1 Å². The van der Waals surface area contributed by atoms with Gasteiger partial charge in [0, 0.05) is 22.4 Å². The first kappa shape index (κ1) is 16.9. The summed E-state index contributed by atoms with van der Waals surface area (Å²) in [6, 6.07) is 38.5. The van der Waals surface area contributed by atoms with Gasteiger partial charge in [0.25, 0.3) is 0 Å². The van der Waals surface area contributed by atoms with Crippen LogP contribution in [0, 0.1) is 0 Å². The van der Waals surface area contributed by atoms with E-state index in [1.807, 2.05) is 24.3 Å². The highest BCUT2D eigenvalue weighted by atomic mass is 15.1. The SMILES string of the molecule is Nc1cccc(N(c2ccccc2)c2ccc3ccc4cccc5ccc2c3c45)c1. The number of benzene rings is 6. The van der Waals surface area contributed by atoms with Crippen LogP contribution >= 0.6 is 0 Å². The topological polar surface area (TPSA) is 29.3 Å². The maximum Gasteiger partial charge on any atom is 0.0540 e. The number of hydrogen-bond acceptors (Lipinski definition) is 2. The summed E-state index contributed by atoms with van der Waals surface area (Å²) in [6.07, 6.45) is 0. The van der Waals surface area contributed by atoms with Gasteiger partial charge in [-0.2, -0.15) is 0 Å². The molecule has 0 aliphatic rings. The number of para-hydroxylation sites is 1. The maximum absolute atomic E-state index is 6.16. The third-order valence-electron chi connectivity index (χ3n) is 5.89. The van der Waals surface area contributed by atoms with E-state index in [0.29, 0.717) is 0 Å². The van der Waals surface area contributed by atoms with Crippen LogP contribution < -0.4 is 10.6 Å². The number of nitrogen functional groups attached to an aromatic ring is 1. The monoisotopic (exact) mass is 384 g/mol. The van der Waals surface area contributed by atoms with Crippen molar-refractivity contribution in [3.63, 3.8) is 0 Å². The minimum atomic E-state index is 0.756. The molecule has 6 aromatic carbocycles. The molecule has 0 saturated carbocycles. The van der Waals surface area contributed by atoms with Gasteiger partial charge < -0.3 is 10.6 Å². The van der Waals surface area contributed by atoms with Crippen molar-refractivity contribution in [3.05, 3.63) is 109 Å². The van der Waals surface area contributed by atoms with Gasteiger partial charge in [0.05, 0.1) is 5.69 Å². The van der Waals surface area contributed by atoms with Gasteiger partial charge in [-0.3, -0.25) is 0 Å². The highest BCUT2D eigenvalue weighted by Gasteiger charge is 2.18. The number of anilines is 4. The normalized spacial score (nSPS) is 11.5.